The van der Waals surface area contributed by atoms with E-state index >= 15 is 0 Å². The summed E-state index contributed by atoms with van der Waals surface area (Å²) >= 11 is 7.78. The molecule has 0 fully saturated rings. The Morgan fingerprint density at radius 2 is 1.82 bits per heavy atom. The Kier molecular flexibility index (Phi) is 8.55. The van der Waals surface area contributed by atoms with Crippen LogP contribution in [0.1, 0.15) is 56.7 Å². The van der Waals surface area contributed by atoms with Gasteiger partial charge in [0.05, 0.1) is 29.3 Å². The summed E-state index contributed by atoms with van der Waals surface area (Å²) in [5.74, 6) is 0.357. The van der Waals surface area contributed by atoms with Crippen LogP contribution < -0.4 is 10.6 Å². The van der Waals surface area contributed by atoms with Crippen LogP contribution in [0.3, 0.4) is 0 Å². The minimum Gasteiger partial charge on any atom is -0.462 e. The molecule has 2 N–H and O–H groups in total. The van der Waals surface area contributed by atoms with Gasteiger partial charge < -0.3 is 15.4 Å². The van der Waals surface area contributed by atoms with E-state index in [2.05, 4.69) is 20.8 Å². The molecule has 2 aromatic carbocycles. The van der Waals surface area contributed by atoms with E-state index < -0.39 is 12.0 Å². The number of carbonyl (C=O) groups excluding carboxylic acids is 3. The first-order chi connectivity index (χ1) is 18.3. The third kappa shape index (κ3) is 5.92. The molecular weight excluding hydrogens is 526 g/mol. The number of aromatic nitrogens is 3. The molecule has 0 atom stereocenters. The molecule has 2 aromatic heterocycles. The maximum absolute atomic E-state index is 13.5. The van der Waals surface area contributed by atoms with E-state index in [4.69, 9.17) is 16.3 Å². The molecule has 2 amide bonds. The second kappa shape index (κ2) is 12.0. The zero-order valence-electron chi connectivity index (χ0n) is 21.1. The van der Waals surface area contributed by atoms with Gasteiger partial charge in [0.25, 0.3) is 0 Å². The fourth-order valence-electron chi connectivity index (χ4n) is 3.78. The summed E-state index contributed by atoms with van der Waals surface area (Å²) in [5.41, 5.74) is 1.67. The van der Waals surface area contributed by atoms with Crippen LogP contribution in [0.25, 0.3) is 5.00 Å². The van der Waals surface area contributed by atoms with E-state index in [-0.39, 0.29) is 18.9 Å². The molecule has 0 bridgehead atoms. The molecule has 0 aliphatic rings. The highest BCUT2D eigenvalue weighted by molar-refractivity contribution is 7.15. The number of esters is 1. The molecule has 4 aromatic rings. The SMILES string of the molecule is CCOC(=O)c1cccc(NC(=O)NCc2nnc(C)n2-c2sc(CC)cc2C(=O)c2ccccc2Cl)c1. The number of nitrogens with one attached hydrogen (secondary N) is 2. The van der Waals surface area contributed by atoms with Crippen molar-refractivity contribution in [2.75, 3.05) is 11.9 Å². The number of urea groups is 1. The number of nitrogens with zero attached hydrogens (tertiary/aromatic N) is 3. The highest BCUT2D eigenvalue weighted by Crippen LogP contribution is 2.32. The summed E-state index contributed by atoms with van der Waals surface area (Å²) in [5, 5.41) is 14.9. The van der Waals surface area contributed by atoms with Crippen molar-refractivity contribution >= 4 is 46.4 Å². The zero-order chi connectivity index (χ0) is 27.2. The average molecular weight is 552 g/mol. The quantitative estimate of drug-likeness (QED) is 0.207. The molecule has 0 saturated heterocycles. The van der Waals surface area contributed by atoms with Gasteiger partial charge in [0.2, 0.25) is 0 Å². The van der Waals surface area contributed by atoms with Crippen LogP contribution in [-0.2, 0) is 17.7 Å². The van der Waals surface area contributed by atoms with Crippen LogP contribution in [0.4, 0.5) is 10.5 Å². The summed E-state index contributed by atoms with van der Waals surface area (Å²) in [7, 11) is 0. The lowest BCUT2D eigenvalue weighted by Gasteiger charge is -2.11. The Balaban J connectivity index is 1.55. The Morgan fingerprint density at radius 1 is 1.03 bits per heavy atom. The van der Waals surface area contributed by atoms with Crippen LogP contribution in [0, 0.1) is 6.92 Å². The number of benzene rings is 2. The van der Waals surface area contributed by atoms with Crippen molar-refractivity contribution < 1.29 is 19.1 Å². The standard InChI is InChI=1S/C27H26ClN5O4S/c1-4-19-14-21(24(34)20-11-6-7-12-22(20)28)25(38-19)33-16(3)31-32-23(33)15-29-27(36)30-18-10-8-9-17(13-18)26(35)37-5-2/h6-14H,4-5,15H2,1-3H3,(H2,29,30,36). The number of ketones is 1. The largest absolute Gasteiger partial charge is 0.462 e. The highest BCUT2D eigenvalue weighted by atomic mass is 35.5. The van der Waals surface area contributed by atoms with E-state index in [1.165, 1.54) is 17.4 Å². The number of amides is 2. The number of anilines is 1. The lowest BCUT2D eigenvalue weighted by molar-refractivity contribution is 0.0526. The number of hydrogen-bond donors (Lipinski definition) is 2. The van der Waals surface area contributed by atoms with Gasteiger partial charge in [-0.15, -0.1) is 21.5 Å². The number of ether oxygens (including phenoxy) is 1. The molecule has 9 nitrogen and oxygen atoms in total. The van der Waals surface area contributed by atoms with Crippen LogP contribution in [0.15, 0.2) is 54.6 Å². The molecule has 0 unspecified atom stereocenters. The predicted octanol–water partition coefficient (Wildman–Crippen LogP) is 5.58. The highest BCUT2D eigenvalue weighted by Gasteiger charge is 2.24. The van der Waals surface area contributed by atoms with Crippen molar-refractivity contribution in [1.29, 1.82) is 0 Å². The van der Waals surface area contributed by atoms with Crippen molar-refractivity contribution in [2.24, 2.45) is 0 Å². The monoisotopic (exact) mass is 551 g/mol. The van der Waals surface area contributed by atoms with E-state index in [1.807, 2.05) is 13.0 Å². The smallest absolute Gasteiger partial charge is 0.338 e. The average Bonchev–Trinajstić information content (AvgIpc) is 3.50. The Hall–Kier alpha value is -4.02. The normalized spacial score (nSPS) is 10.7. The van der Waals surface area contributed by atoms with Crippen molar-refractivity contribution in [3.8, 4) is 5.00 Å². The summed E-state index contributed by atoms with van der Waals surface area (Å²) in [4.78, 5) is 39.1. The fraction of sp³-hybridized carbons (Fsp3) is 0.222. The summed E-state index contributed by atoms with van der Waals surface area (Å²) < 4.78 is 6.78. The van der Waals surface area contributed by atoms with E-state index in [1.54, 1.807) is 60.9 Å². The van der Waals surface area contributed by atoms with Crippen LogP contribution in [-0.4, -0.2) is 39.2 Å². The Labute approximate surface area is 228 Å². The first kappa shape index (κ1) is 27.0. The van der Waals surface area contributed by atoms with Crippen molar-refractivity contribution in [3.63, 3.8) is 0 Å². The van der Waals surface area contributed by atoms with Crippen LogP contribution in [0.5, 0.6) is 0 Å². The number of halogens is 1. The van der Waals surface area contributed by atoms with Gasteiger partial charge in [-0.25, -0.2) is 9.59 Å². The van der Waals surface area contributed by atoms with Crippen LogP contribution in [0.2, 0.25) is 5.02 Å². The Bertz CT molecular complexity index is 1500. The first-order valence-corrected chi connectivity index (χ1v) is 13.2. The van der Waals surface area contributed by atoms with Gasteiger partial charge in [-0.1, -0.05) is 36.7 Å². The molecule has 0 aliphatic carbocycles. The van der Waals surface area contributed by atoms with Gasteiger partial charge in [-0.3, -0.25) is 9.36 Å². The number of aryl methyl sites for hydroxylation is 2. The van der Waals surface area contributed by atoms with Crippen molar-refractivity contribution in [3.05, 3.63) is 92.8 Å². The van der Waals surface area contributed by atoms with E-state index in [0.29, 0.717) is 44.1 Å². The molecule has 0 aliphatic heterocycles. The van der Waals surface area contributed by atoms with Gasteiger partial charge >= 0.3 is 12.0 Å². The van der Waals surface area contributed by atoms with E-state index in [0.717, 1.165) is 11.3 Å². The van der Waals surface area contributed by atoms with Gasteiger partial charge in [-0.05, 0) is 56.7 Å². The maximum Gasteiger partial charge on any atom is 0.338 e. The predicted molar refractivity (Wildman–Crippen MR) is 146 cm³/mol. The van der Waals surface area contributed by atoms with Crippen molar-refractivity contribution in [1.82, 2.24) is 20.1 Å². The Morgan fingerprint density at radius 3 is 2.55 bits per heavy atom. The van der Waals surface area contributed by atoms with Gasteiger partial charge in [0, 0.05) is 16.1 Å². The van der Waals surface area contributed by atoms with Crippen molar-refractivity contribution in [2.45, 2.75) is 33.7 Å². The fourth-order valence-corrected chi connectivity index (χ4v) is 5.16. The molecule has 0 spiro atoms. The molecule has 2 heterocycles. The molecule has 196 valence electrons. The number of thiophene rings is 1. The third-order valence-electron chi connectivity index (χ3n) is 5.61. The molecule has 0 radical (unpaired) electrons. The second-order valence-corrected chi connectivity index (χ2v) is 9.72. The molecule has 38 heavy (non-hydrogen) atoms. The summed E-state index contributed by atoms with van der Waals surface area (Å²) in [6.45, 7) is 5.83. The first-order valence-electron chi connectivity index (χ1n) is 12.0. The zero-order valence-corrected chi connectivity index (χ0v) is 22.7. The minimum atomic E-state index is -0.494. The van der Waals surface area contributed by atoms with E-state index in [9.17, 15) is 14.4 Å². The molecule has 11 heteroatoms. The van der Waals surface area contributed by atoms with Crippen LogP contribution >= 0.6 is 22.9 Å². The maximum atomic E-state index is 13.5. The molecule has 0 saturated carbocycles. The molecule has 4 rings (SSSR count). The number of hydrogen-bond acceptors (Lipinski definition) is 7. The summed E-state index contributed by atoms with van der Waals surface area (Å²) in [6, 6.07) is 14.8. The lowest BCUT2D eigenvalue weighted by atomic mass is 10.0. The van der Waals surface area contributed by atoms with Gasteiger partial charge in [0.1, 0.15) is 10.8 Å². The third-order valence-corrected chi connectivity index (χ3v) is 7.20. The number of carbonyl (C=O) groups is 3. The minimum absolute atomic E-state index is 0.0450. The molecular formula is C27H26ClN5O4S. The van der Waals surface area contributed by atoms with Gasteiger partial charge in [0.15, 0.2) is 11.6 Å². The second-order valence-electron chi connectivity index (χ2n) is 8.20. The lowest BCUT2D eigenvalue weighted by Crippen LogP contribution is -2.29. The number of rotatable bonds is 9. The van der Waals surface area contributed by atoms with Gasteiger partial charge in [-0.2, -0.15) is 0 Å². The summed E-state index contributed by atoms with van der Waals surface area (Å²) in [6.07, 6.45) is 0.746. The topological polar surface area (TPSA) is 115 Å².